The predicted octanol–water partition coefficient (Wildman–Crippen LogP) is 4.69. The van der Waals surface area contributed by atoms with Crippen LogP contribution in [-0.2, 0) is 15.0 Å². The summed E-state index contributed by atoms with van der Waals surface area (Å²) in [6.45, 7) is 0. The van der Waals surface area contributed by atoms with E-state index < -0.39 is 5.41 Å². The number of anilines is 1. The summed E-state index contributed by atoms with van der Waals surface area (Å²) in [4.78, 5) is 25.3. The molecule has 4 nitrogen and oxygen atoms in total. The Morgan fingerprint density at radius 1 is 0.815 bits per heavy atom. The van der Waals surface area contributed by atoms with Crippen molar-refractivity contribution in [2.24, 2.45) is 5.92 Å². The van der Waals surface area contributed by atoms with Crippen LogP contribution in [0.4, 0.5) is 5.69 Å². The van der Waals surface area contributed by atoms with Crippen molar-refractivity contribution in [1.82, 2.24) is 5.32 Å². The number of carbonyl (C=O) groups is 2. The Hall–Kier alpha value is -1.84. The standard InChI is InChI=1S/C23H32N2O2/c26-21(17-9-10-17)24-20-13-11-18(12-14-20)23(15-5-2-6-16-23)22(27)25-19-7-3-1-4-8-19/h11-14,17,19H,1-10,15-16H2,(H,24,26)(H,25,27). The quantitative estimate of drug-likeness (QED) is 0.792. The van der Waals surface area contributed by atoms with Crippen LogP contribution in [0, 0.1) is 5.92 Å². The zero-order valence-corrected chi connectivity index (χ0v) is 16.3. The van der Waals surface area contributed by atoms with Crippen molar-refractivity contribution in [2.75, 3.05) is 5.32 Å². The van der Waals surface area contributed by atoms with Gasteiger partial charge >= 0.3 is 0 Å². The van der Waals surface area contributed by atoms with E-state index in [0.29, 0.717) is 6.04 Å². The fourth-order valence-electron chi connectivity index (χ4n) is 4.84. The first-order chi connectivity index (χ1) is 13.2. The molecule has 3 saturated carbocycles. The highest BCUT2D eigenvalue weighted by Crippen LogP contribution is 2.40. The normalized spacial score (nSPS) is 22.8. The van der Waals surface area contributed by atoms with Gasteiger partial charge < -0.3 is 10.6 Å². The maximum atomic E-state index is 13.4. The molecular weight excluding hydrogens is 336 g/mol. The van der Waals surface area contributed by atoms with Crippen molar-refractivity contribution in [1.29, 1.82) is 0 Å². The molecule has 0 unspecified atom stereocenters. The first-order valence-corrected chi connectivity index (χ1v) is 10.9. The fraction of sp³-hybridized carbons (Fsp3) is 0.652. The highest BCUT2D eigenvalue weighted by molar-refractivity contribution is 5.94. The summed E-state index contributed by atoms with van der Waals surface area (Å²) in [6, 6.07) is 8.42. The Balaban J connectivity index is 1.49. The molecule has 27 heavy (non-hydrogen) atoms. The SMILES string of the molecule is O=C(Nc1ccc(C2(C(=O)NC3CCCCC3)CCCCC2)cc1)C1CC1. The van der Waals surface area contributed by atoms with Crippen LogP contribution in [0.15, 0.2) is 24.3 Å². The Labute approximate surface area is 162 Å². The van der Waals surface area contributed by atoms with E-state index in [1.807, 2.05) is 12.1 Å². The third-order valence-electron chi connectivity index (χ3n) is 6.74. The minimum Gasteiger partial charge on any atom is -0.353 e. The number of carbonyl (C=O) groups excluding carboxylic acids is 2. The van der Waals surface area contributed by atoms with E-state index in [1.165, 1.54) is 25.7 Å². The number of hydrogen-bond donors (Lipinski definition) is 2. The molecule has 4 heteroatoms. The Bertz CT molecular complexity index is 666. The molecule has 3 aliphatic carbocycles. The average Bonchev–Trinajstić information content (AvgIpc) is 3.55. The Morgan fingerprint density at radius 2 is 1.44 bits per heavy atom. The number of hydrogen-bond acceptors (Lipinski definition) is 2. The zero-order chi connectivity index (χ0) is 18.7. The van der Waals surface area contributed by atoms with Gasteiger partial charge in [0.25, 0.3) is 0 Å². The van der Waals surface area contributed by atoms with E-state index in [2.05, 4.69) is 22.8 Å². The lowest BCUT2D eigenvalue weighted by molar-refractivity contribution is -0.129. The molecule has 3 fully saturated rings. The Morgan fingerprint density at radius 3 is 2.07 bits per heavy atom. The van der Waals surface area contributed by atoms with Crippen LogP contribution in [0.5, 0.6) is 0 Å². The van der Waals surface area contributed by atoms with Gasteiger partial charge in [0.2, 0.25) is 11.8 Å². The smallest absolute Gasteiger partial charge is 0.230 e. The summed E-state index contributed by atoms with van der Waals surface area (Å²) < 4.78 is 0. The van der Waals surface area contributed by atoms with Gasteiger partial charge in [-0.15, -0.1) is 0 Å². The van der Waals surface area contributed by atoms with Crippen molar-refractivity contribution in [3.63, 3.8) is 0 Å². The minimum absolute atomic E-state index is 0.130. The maximum absolute atomic E-state index is 13.4. The maximum Gasteiger partial charge on any atom is 0.230 e. The molecule has 146 valence electrons. The van der Waals surface area contributed by atoms with E-state index in [1.54, 1.807) is 0 Å². The van der Waals surface area contributed by atoms with Crippen molar-refractivity contribution < 1.29 is 9.59 Å². The van der Waals surface area contributed by atoms with Gasteiger partial charge in [-0.25, -0.2) is 0 Å². The average molecular weight is 369 g/mol. The highest BCUT2D eigenvalue weighted by atomic mass is 16.2. The van der Waals surface area contributed by atoms with Crippen LogP contribution in [0.2, 0.25) is 0 Å². The Kier molecular flexibility index (Phi) is 5.51. The molecule has 0 heterocycles. The van der Waals surface area contributed by atoms with Crippen LogP contribution >= 0.6 is 0 Å². The van der Waals surface area contributed by atoms with Gasteiger partial charge in [-0.2, -0.15) is 0 Å². The van der Waals surface area contributed by atoms with E-state index in [-0.39, 0.29) is 17.7 Å². The van der Waals surface area contributed by atoms with Gasteiger partial charge in [0.05, 0.1) is 5.41 Å². The lowest BCUT2D eigenvalue weighted by atomic mass is 9.68. The number of amides is 2. The first kappa shape index (κ1) is 18.5. The van der Waals surface area contributed by atoms with Crippen molar-refractivity contribution in [3.8, 4) is 0 Å². The largest absolute Gasteiger partial charge is 0.353 e. The highest BCUT2D eigenvalue weighted by Gasteiger charge is 2.41. The van der Waals surface area contributed by atoms with E-state index in [4.69, 9.17) is 0 Å². The topological polar surface area (TPSA) is 58.2 Å². The number of rotatable bonds is 5. The second-order valence-electron chi connectivity index (χ2n) is 8.79. The number of nitrogens with one attached hydrogen (secondary N) is 2. The molecule has 1 aromatic carbocycles. The molecule has 2 N–H and O–H groups in total. The third kappa shape index (κ3) is 4.20. The minimum atomic E-state index is -0.394. The van der Waals surface area contributed by atoms with Gasteiger partial charge in [0.1, 0.15) is 0 Å². The molecule has 0 aliphatic heterocycles. The van der Waals surface area contributed by atoms with Crippen LogP contribution in [0.1, 0.15) is 82.6 Å². The van der Waals surface area contributed by atoms with E-state index >= 15 is 0 Å². The lowest BCUT2D eigenvalue weighted by Gasteiger charge is -2.38. The van der Waals surface area contributed by atoms with Crippen LogP contribution < -0.4 is 10.6 Å². The first-order valence-electron chi connectivity index (χ1n) is 10.9. The van der Waals surface area contributed by atoms with Gasteiger partial charge in [0, 0.05) is 17.6 Å². The summed E-state index contributed by atoms with van der Waals surface area (Å²) >= 11 is 0. The molecule has 0 radical (unpaired) electrons. The summed E-state index contributed by atoms with van der Waals surface area (Å²) in [5.74, 6) is 0.560. The number of benzene rings is 1. The molecule has 1 aromatic rings. The summed E-state index contributed by atoms with van der Waals surface area (Å²) in [5.41, 5.74) is 1.56. The molecule has 0 atom stereocenters. The molecule has 4 rings (SSSR count). The van der Waals surface area contributed by atoms with Gasteiger partial charge in [-0.05, 0) is 56.2 Å². The fourth-order valence-corrected chi connectivity index (χ4v) is 4.84. The van der Waals surface area contributed by atoms with Gasteiger partial charge in [-0.1, -0.05) is 50.7 Å². The van der Waals surface area contributed by atoms with Gasteiger partial charge in [-0.3, -0.25) is 9.59 Å². The van der Waals surface area contributed by atoms with E-state index in [0.717, 1.165) is 62.6 Å². The zero-order valence-electron chi connectivity index (χ0n) is 16.3. The van der Waals surface area contributed by atoms with E-state index in [9.17, 15) is 9.59 Å². The summed E-state index contributed by atoms with van der Waals surface area (Å²) in [6.07, 6.45) is 13.3. The van der Waals surface area contributed by atoms with Crippen LogP contribution in [-0.4, -0.2) is 17.9 Å². The second kappa shape index (κ2) is 8.04. The molecule has 3 aliphatic rings. The van der Waals surface area contributed by atoms with Crippen LogP contribution in [0.25, 0.3) is 0 Å². The van der Waals surface area contributed by atoms with Crippen LogP contribution in [0.3, 0.4) is 0 Å². The van der Waals surface area contributed by atoms with Gasteiger partial charge in [0.15, 0.2) is 0 Å². The molecule has 0 aromatic heterocycles. The molecule has 0 bridgehead atoms. The van der Waals surface area contributed by atoms with Crippen molar-refractivity contribution in [3.05, 3.63) is 29.8 Å². The van der Waals surface area contributed by atoms with Crippen molar-refractivity contribution >= 4 is 17.5 Å². The summed E-state index contributed by atoms with van der Waals surface area (Å²) in [7, 11) is 0. The monoisotopic (exact) mass is 368 g/mol. The second-order valence-corrected chi connectivity index (χ2v) is 8.79. The lowest BCUT2D eigenvalue weighted by Crippen LogP contribution is -2.49. The summed E-state index contributed by atoms with van der Waals surface area (Å²) in [5, 5.41) is 6.39. The molecule has 0 saturated heterocycles. The molecule has 0 spiro atoms. The molecular formula is C23H32N2O2. The predicted molar refractivity (Wildman–Crippen MR) is 108 cm³/mol. The van der Waals surface area contributed by atoms with Crippen molar-refractivity contribution in [2.45, 2.75) is 88.5 Å². The third-order valence-corrected chi connectivity index (χ3v) is 6.74. The molecule has 2 amide bonds.